The Morgan fingerprint density at radius 1 is 0.426 bits per heavy atom. The molecule has 22 heteroatoms. The van der Waals surface area contributed by atoms with E-state index in [1.165, 1.54) is 84.9 Å². The summed E-state index contributed by atoms with van der Waals surface area (Å²) in [6.45, 7) is 0.754. The Morgan fingerprint density at radius 2 is 0.735 bits per heavy atom. The summed E-state index contributed by atoms with van der Waals surface area (Å²) in [6, 6.07) is 26.9. The van der Waals surface area contributed by atoms with Crippen LogP contribution in [0.5, 0.6) is 0 Å². The van der Waals surface area contributed by atoms with Gasteiger partial charge in [-0.3, -0.25) is 0 Å². The van der Waals surface area contributed by atoms with Gasteiger partial charge in [-0.25, -0.2) is 43.6 Å². The molecule has 9 rings (SSSR count). The van der Waals surface area contributed by atoms with Crippen molar-refractivity contribution in [3.63, 3.8) is 0 Å². The van der Waals surface area contributed by atoms with Crippen LogP contribution in [0.15, 0.2) is 135 Å². The molecule has 0 fully saturated rings. The largest absolute Gasteiger partial charge is 0.744 e. The first-order chi connectivity index (χ1) is 32.2. The summed E-state index contributed by atoms with van der Waals surface area (Å²) in [6.07, 6.45) is 6.82. The van der Waals surface area contributed by atoms with Crippen molar-refractivity contribution in [2.24, 2.45) is 0 Å². The molecule has 5 heterocycles. The number of rotatable bonds is 11. The van der Waals surface area contributed by atoms with Gasteiger partial charge < -0.3 is 39.2 Å². The molecule has 0 unspecified atom stereocenters. The van der Waals surface area contributed by atoms with E-state index < -0.39 is 60.1 Å². The van der Waals surface area contributed by atoms with Gasteiger partial charge in [0, 0.05) is 50.4 Å². The fourth-order valence-electron chi connectivity index (χ4n) is 8.13. The zero-order chi connectivity index (χ0) is 48.3. The predicted molar refractivity (Wildman–Crippen MR) is 247 cm³/mol. The lowest BCUT2D eigenvalue weighted by atomic mass is 10.0. The summed E-state index contributed by atoms with van der Waals surface area (Å²) in [5, 5.41) is 1.60. The number of aromatic amines is 2. The molecular weight excluding hydrogens is 957 g/mol. The summed E-state index contributed by atoms with van der Waals surface area (Å²) in [7, 11) is -19.4. The van der Waals surface area contributed by atoms with Crippen LogP contribution in [0.25, 0.3) is 90.9 Å². The standard InChI is InChI=1S/C46H36N6O12S4/c47-23-24-48-41-25-29(7-22-42(41)68(62,63)64)46-39-20-18-37(51-39)44(27-3-10-31(11-4-27)66(56,57)58)35-16-14-33(49-35)43(26-1-8-30(9-2-26)65(53,54)55)34-15-17-36(50-34)45(38-19-21-40(46)52-38)28-5-12-32(13-6-28)67(59,60)61/h1-22,25,48-49,52H,23-24,47H2,(H,53,54,55)(H,56,57,58)(H,59,60,61)(H,62,63,64)/p-2. The molecular formula is C46H34N6O12S4-2. The molecule has 4 aromatic carbocycles. The van der Waals surface area contributed by atoms with Crippen LogP contribution in [-0.4, -0.2) is 84.9 Å². The van der Waals surface area contributed by atoms with Gasteiger partial charge in [-0.1, -0.05) is 42.5 Å². The van der Waals surface area contributed by atoms with Crippen LogP contribution < -0.4 is 11.1 Å². The van der Waals surface area contributed by atoms with Gasteiger partial charge in [0.1, 0.15) is 64.1 Å². The molecule has 2 aliphatic heterocycles. The van der Waals surface area contributed by atoms with Crippen LogP contribution in [0, 0.1) is 0 Å². The molecule has 68 heavy (non-hydrogen) atoms. The Labute approximate surface area is 388 Å². The second kappa shape index (κ2) is 17.3. The van der Waals surface area contributed by atoms with E-state index in [0.717, 1.165) is 0 Å². The molecule has 0 atom stereocenters. The molecule has 0 spiro atoms. The molecule has 0 saturated heterocycles. The average molecular weight is 991 g/mol. The fraction of sp³-hybridized carbons (Fsp3) is 0.0435. The summed E-state index contributed by atoms with van der Waals surface area (Å²) >= 11 is 0. The Kier molecular flexibility index (Phi) is 11.7. The monoisotopic (exact) mass is 990 g/mol. The summed E-state index contributed by atoms with van der Waals surface area (Å²) in [5.41, 5.74) is 10.7. The highest BCUT2D eigenvalue weighted by Gasteiger charge is 2.22. The molecule has 0 saturated carbocycles. The van der Waals surface area contributed by atoms with Crippen LogP contribution in [0.2, 0.25) is 0 Å². The highest BCUT2D eigenvalue weighted by Crippen LogP contribution is 2.39. The topological polar surface area (TPSA) is 330 Å². The first-order valence-corrected chi connectivity index (χ1v) is 25.9. The second-order valence-electron chi connectivity index (χ2n) is 15.5. The SMILES string of the molecule is [NH3+]CC[NH2+]c1cc(-c2c3nc(c(-c4ccc(S(=O)(=O)[O-])cc4)c4ccc([nH]4)c(-c4ccc(S(=O)(=O)[O-])cc4)c4nc(c(-c5ccc(S(=O)(=O)[O-])cc5)c5ccc2[nH]5)C=C4)C=C3)ccc1S(=O)(=O)[O-]. The van der Waals surface area contributed by atoms with E-state index in [9.17, 15) is 51.9 Å². The van der Waals surface area contributed by atoms with Gasteiger partial charge in [0.05, 0.1) is 37.5 Å². The van der Waals surface area contributed by atoms with Crippen LogP contribution >= 0.6 is 0 Å². The lowest BCUT2D eigenvalue weighted by Crippen LogP contribution is -2.83. The smallest absolute Gasteiger partial charge is 0.148 e. The molecule has 346 valence electrons. The van der Waals surface area contributed by atoms with E-state index in [1.54, 1.807) is 60.0 Å². The fourth-order valence-corrected chi connectivity index (χ4v) is 10.2. The molecule has 18 nitrogen and oxygen atoms in total. The van der Waals surface area contributed by atoms with E-state index in [1.807, 2.05) is 0 Å². The van der Waals surface area contributed by atoms with Gasteiger partial charge in [0.15, 0.2) is 0 Å². The van der Waals surface area contributed by atoms with Crippen molar-refractivity contribution in [3.8, 4) is 44.5 Å². The van der Waals surface area contributed by atoms with Crippen molar-refractivity contribution < 1.29 is 62.9 Å². The van der Waals surface area contributed by atoms with Gasteiger partial charge >= 0.3 is 0 Å². The average Bonchev–Trinajstić information content (AvgIpc) is 4.13. The zero-order valence-corrected chi connectivity index (χ0v) is 38.2. The van der Waals surface area contributed by atoms with Gasteiger partial charge in [0.25, 0.3) is 0 Å². The quantitative estimate of drug-likeness (QED) is 0.103. The van der Waals surface area contributed by atoms with Gasteiger partial charge in [-0.2, -0.15) is 0 Å². The van der Waals surface area contributed by atoms with Crippen molar-refractivity contribution in [1.82, 2.24) is 19.9 Å². The predicted octanol–water partition coefficient (Wildman–Crippen LogP) is 4.38. The third-order valence-electron chi connectivity index (χ3n) is 11.2. The molecule has 3 aromatic heterocycles. The van der Waals surface area contributed by atoms with Crippen molar-refractivity contribution in [1.29, 1.82) is 0 Å². The van der Waals surface area contributed by atoms with Gasteiger partial charge in [-0.15, -0.1) is 0 Å². The number of nitrogens with zero attached hydrogens (tertiary/aromatic N) is 2. The number of quaternary nitrogens is 2. The molecule has 7 aromatic rings. The number of hydrogen-bond acceptors (Lipinski definition) is 14. The molecule has 0 radical (unpaired) electrons. The third-order valence-corrected chi connectivity index (χ3v) is 14.6. The van der Waals surface area contributed by atoms with Crippen LogP contribution in [0.4, 0.5) is 5.69 Å². The van der Waals surface area contributed by atoms with Crippen molar-refractivity contribution >= 4 is 92.5 Å². The Hall–Kier alpha value is -6.96. The van der Waals surface area contributed by atoms with Crippen molar-refractivity contribution in [2.45, 2.75) is 19.6 Å². The number of nitrogens with two attached hydrogens (primary N) is 1. The molecule has 0 amide bonds. The Morgan fingerprint density at radius 3 is 1.03 bits per heavy atom. The lowest BCUT2D eigenvalue weighted by molar-refractivity contribution is -0.597. The van der Waals surface area contributed by atoms with Crippen molar-refractivity contribution in [3.05, 3.63) is 138 Å². The summed E-state index contributed by atoms with van der Waals surface area (Å²) in [4.78, 5) is 15.2. The number of H-pyrrole nitrogens is 2. The normalized spacial score (nSPS) is 13.0. The molecule has 8 bridgehead atoms. The van der Waals surface area contributed by atoms with E-state index in [0.29, 0.717) is 102 Å². The maximum absolute atomic E-state index is 12.5. The number of benzene rings is 4. The van der Waals surface area contributed by atoms with Crippen LogP contribution in [0.1, 0.15) is 22.8 Å². The highest BCUT2D eigenvalue weighted by atomic mass is 32.2. The van der Waals surface area contributed by atoms with Crippen LogP contribution in [0.3, 0.4) is 0 Å². The summed E-state index contributed by atoms with van der Waals surface area (Å²) < 4.78 is 145. The van der Waals surface area contributed by atoms with E-state index in [2.05, 4.69) is 15.7 Å². The zero-order valence-electron chi connectivity index (χ0n) is 34.9. The number of hydrogen-bond donors (Lipinski definition) is 4. The highest BCUT2D eigenvalue weighted by molar-refractivity contribution is 7.86. The third kappa shape index (κ3) is 9.07. The first kappa shape index (κ1) is 46.2. The van der Waals surface area contributed by atoms with E-state index >= 15 is 0 Å². The Balaban J connectivity index is 1.44. The maximum Gasteiger partial charge on any atom is 0.148 e. The summed E-state index contributed by atoms with van der Waals surface area (Å²) in [5.74, 6) is 0. The van der Waals surface area contributed by atoms with Gasteiger partial charge in [0.2, 0.25) is 0 Å². The minimum absolute atomic E-state index is 0.143. The number of fused-ring (bicyclic) bond motifs is 8. The van der Waals surface area contributed by atoms with Crippen molar-refractivity contribution in [2.75, 3.05) is 13.1 Å². The molecule has 2 aliphatic rings. The number of aromatic nitrogens is 4. The minimum atomic E-state index is -4.92. The minimum Gasteiger partial charge on any atom is -0.744 e. The molecule has 7 N–H and O–H groups in total. The van der Waals surface area contributed by atoms with Crippen LogP contribution in [-0.2, 0) is 40.5 Å². The number of nitrogens with one attached hydrogen (secondary N) is 2. The van der Waals surface area contributed by atoms with E-state index in [4.69, 9.17) is 9.97 Å². The van der Waals surface area contributed by atoms with Gasteiger partial charge in [-0.05, 0) is 113 Å². The maximum atomic E-state index is 12.5. The first-order valence-electron chi connectivity index (χ1n) is 20.3. The second-order valence-corrected chi connectivity index (χ2v) is 21.0. The lowest BCUT2D eigenvalue weighted by Gasteiger charge is -2.13. The molecule has 0 aliphatic carbocycles. The van der Waals surface area contributed by atoms with E-state index in [-0.39, 0.29) is 5.69 Å². The Bertz CT molecular complexity index is 3850.